The van der Waals surface area contributed by atoms with Crippen LogP contribution in [0.25, 0.3) is 0 Å². The first kappa shape index (κ1) is 20.3. The Labute approximate surface area is 156 Å². The van der Waals surface area contributed by atoms with Crippen molar-refractivity contribution in [3.63, 3.8) is 0 Å². The average Bonchev–Trinajstić information content (AvgIpc) is 2.98. The second-order valence-electron chi connectivity index (χ2n) is 4.95. The number of β-lactam (4-membered cyclic amide) rings is 1. The van der Waals surface area contributed by atoms with Crippen LogP contribution in [0.5, 0.6) is 0 Å². The molecule has 2 rings (SSSR count). The summed E-state index contributed by atoms with van der Waals surface area (Å²) in [5.74, 6) is -2.10. The number of oxime groups is 1. The summed E-state index contributed by atoms with van der Waals surface area (Å²) in [5, 5.41) is 7.27. The third-order valence-corrected chi connectivity index (χ3v) is 4.88. The highest BCUT2D eigenvalue weighted by Gasteiger charge is 2.54. The maximum absolute atomic E-state index is 12.4. The number of nitrogens with zero attached hydrogens (tertiary/aromatic N) is 3. The molecule has 1 aromatic heterocycles. The molecule has 148 valence electrons. The zero-order valence-electron chi connectivity index (χ0n) is 13.6. The summed E-state index contributed by atoms with van der Waals surface area (Å²) in [6, 6.07) is -2.86. The smallest absolute Gasteiger partial charge is 0.404 e. The van der Waals surface area contributed by atoms with E-state index < -0.39 is 46.9 Å². The van der Waals surface area contributed by atoms with Crippen LogP contribution in [0.15, 0.2) is 10.5 Å². The molecule has 2 unspecified atom stereocenters. The van der Waals surface area contributed by atoms with Gasteiger partial charge in [0, 0.05) is 5.38 Å². The Balaban J connectivity index is 2.22. The number of aromatic nitrogens is 1. The minimum Gasteiger partial charge on any atom is -0.447 e. The molecule has 1 fully saturated rings. The maximum Gasteiger partial charge on any atom is 0.404 e. The minimum atomic E-state index is -4.94. The molecule has 27 heavy (non-hydrogen) atoms. The summed E-state index contributed by atoms with van der Waals surface area (Å²) in [4.78, 5) is 43.6. The lowest BCUT2D eigenvalue weighted by atomic mass is 9.99. The van der Waals surface area contributed by atoms with E-state index in [1.807, 2.05) is 0 Å². The van der Waals surface area contributed by atoms with Crippen molar-refractivity contribution in [3.8, 4) is 0 Å². The number of nitrogens with two attached hydrogens (primary N) is 2. The molecule has 1 aromatic rings. The van der Waals surface area contributed by atoms with E-state index in [0.717, 1.165) is 11.3 Å². The van der Waals surface area contributed by atoms with Gasteiger partial charge >= 0.3 is 16.4 Å². The van der Waals surface area contributed by atoms with Gasteiger partial charge in [0.1, 0.15) is 31.5 Å². The first-order valence-corrected chi connectivity index (χ1v) is 9.20. The molecular weight excluding hydrogens is 408 g/mol. The van der Waals surface area contributed by atoms with Crippen molar-refractivity contribution >= 4 is 50.4 Å². The number of amides is 3. The number of hydrogen-bond acceptors (Lipinski definition) is 11. The summed E-state index contributed by atoms with van der Waals surface area (Å²) < 4.78 is 36.2. The second-order valence-corrected chi connectivity index (χ2v) is 7.13. The molecule has 1 aliphatic heterocycles. The third kappa shape index (κ3) is 4.41. The van der Waals surface area contributed by atoms with Crippen molar-refractivity contribution in [2.45, 2.75) is 12.1 Å². The number of rotatable bonds is 7. The molecule has 0 aromatic carbocycles. The lowest BCUT2D eigenvalue weighted by Crippen LogP contribution is -2.73. The molecule has 0 bridgehead atoms. The van der Waals surface area contributed by atoms with Gasteiger partial charge in [0.2, 0.25) is 0 Å². The normalized spacial score (nSPS) is 20.0. The highest BCUT2D eigenvalue weighted by Crippen LogP contribution is 2.24. The zero-order valence-corrected chi connectivity index (χ0v) is 15.2. The van der Waals surface area contributed by atoms with Gasteiger partial charge in [-0.15, -0.1) is 11.3 Å². The molecule has 1 aliphatic rings. The van der Waals surface area contributed by atoms with Gasteiger partial charge in [-0.05, 0) is 0 Å². The summed E-state index contributed by atoms with van der Waals surface area (Å²) in [7, 11) is -3.77. The molecule has 3 amide bonds. The lowest BCUT2D eigenvalue weighted by molar-refractivity contribution is -0.146. The largest absolute Gasteiger partial charge is 0.447 e. The van der Waals surface area contributed by atoms with Gasteiger partial charge in [-0.25, -0.2) is 14.1 Å². The first-order valence-electron chi connectivity index (χ1n) is 6.92. The van der Waals surface area contributed by atoms with Crippen LogP contribution in [0.4, 0.5) is 9.93 Å². The predicted octanol–water partition coefficient (Wildman–Crippen LogP) is -2.33. The van der Waals surface area contributed by atoms with Crippen LogP contribution in [0, 0.1) is 0 Å². The van der Waals surface area contributed by atoms with E-state index in [2.05, 4.69) is 25.0 Å². The predicted molar refractivity (Wildman–Crippen MR) is 89.7 cm³/mol. The van der Waals surface area contributed by atoms with E-state index in [1.165, 1.54) is 12.5 Å². The summed E-state index contributed by atoms with van der Waals surface area (Å²) in [5.41, 5.74) is 10.0. The van der Waals surface area contributed by atoms with E-state index in [-0.39, 0.29) is 20.8 Å². The van der Waals surface area contributed by atoms with Crippen LogP contribution in [0.2, 0.25) is 0 Å². The fourth-order valence-electron chi connectivity index (χ4n) is 2.19. The molecular formula is C11H14N6O8S2. The number of nitrogens with one attached hydrogen (secondary N) is 1. The average molecular weight is 422 g/mol. The maximum atomic E-state index is 12.4. The van der Waals surface area contributed by atoms with Crippen molar-refractivity contribution in [1.82, 2.24) is 14.6 Å². The fourth-order valence-corrected chi connectivity index (χ4v) is 3.61. The molecule has 0 saturated carbocycles. The van der Waals surface area contributed by atoms with Gasteiger partial charge in [0.25, 0.3) is 11.8 Å². The molecule has 0 radical (unpaired) electrons. The van der Waals surface area contributed by atoms with Crippen LogP contribution in [0.3, 0.4) is 0 Å². The SMILES string of the molecule is CO/N=C(\C(=O)NC1C(=O)N(S(=O)(=O)O)C1COC(N)=O)c1csc(N)n1. The Morgan fingerprint density at radius 3 is 2.67 bits per heavy atom. The van der Waals surface area contributed by atoms with Crippen LogP contribution in [-0.4, -0.2) is 71.7 Å². The van der Waals surface area contributed by atoms with E-state index in [9.17, 15) is 22.8 Å². The van der Waals surface area contributed by atoms with Crippen LogP contribution >= 0.6 is 11.3 Å². The van der Waals surface area contributed by atoms with Gasteiger partial charge < -0.3 is 26.4 Å². The Kier molecular flexibility index (Phi) is 5.82. The Morgan fingerprint density at radius 2 is 2.19 bits per heavy atom. The van der Waals surface area contributed by atoms with Gasteiger partial charge in [0.15, 0.2) is 10.8 Å². The highest BCUT2D eigenvalue weighted by molar-refractivity contribution is 7.84. The van der Waals surface area contributed by atoms with E-state index >= 15 is 0 Å². The molecule has 2 heterocycles. The number of thiazole rings is 1. The van der Waals surface area contributed by atoms with Crippen molar-refractivity contribution in [2.75, 3.05) is 19.5 Å². The van der Waals surface area contributed by atoms with Crippen LogP contribution in [-0.2, 0) is 29.5 Å². The zero-order chi connectivity index (χ0) is 20.4. The second kappa shape index (κ2) is 7.72. The van der Waals surface area contributed by atoms with Crippen LogP contribution in [0.1, 0.15) is 5.69 Å². The van der Waals surface area contributed by atoms with E-state index in [0.29, 0.717) is 0 Å². The molecule has 16 heteroatoms. The van der Waals surface area contributed by atoms with Crippen molar-refractivity contribution in [2.24, 2.45) is 10.9 Å². The minimum absolute atomic E-state index is 0.0504. The number of anilines is 1. The number of hydrogen-bond donors (Lipinski definition) is 4. The lowest BCUT2D eigenvalue weighted by Gasteiger charge is -2.43. The topological polar surface area (TPSA) is 217 Å². The van der Waals surface area contributed by atoms with E-state index in [4.69, 9.17) is 16.0 Å². The van der Waals surface area contributed by atoms with Gasteiger partial charge in [-0.1, -0.05) is 5.16 Å². The Morgan fingerprint density at radius 1 is 1.52 bits per heavy atom. The van der Waals surface area contributed by atoms with Crippen molar-refractivity contribution < 1.29 is 36.9 Å². The Hall–Kier alpha value is -2.98. The number of primary amides is 1. The van der Waals surface area contributed by atoms with E-state index in [1.54, 1.807) is 0 Å². The molecule has 0 spiro atoms. The molecule has 6 N–H and O–H groups in total. The Bertz CT molecular complexity index is 896. The number of nitrogen functional groups attached to an aromatic ring is 1. The van der Waals surface area contributed by atoms with Crippen molar-refractivity contribution in [1.29, 1.82) is 0 Å². The highest BCUT2D eigenvalue weighted by atomic mass is 32.2. The first-order chi connectivity index (χ1) is 12.6. The fraction of sp³-hybridized carbons (Fsp3) is 0.364. The molecule has 0 aliphatic carbocycles. The summed E-state index contributed by atoms with van der Waals surface area (Å²) in [6.07, 6.45) is -1.24. The molecule has 2 atom stereocenters. The summed E-state index contributed by atoms with van der Waals surface area (Å²) >= 11 is 1.02. The molecule has 1 saturated heterocycles. The summed E-state index contributed by atoms with van der Waals surface area (Å²) in [6.45, 7) is -0.688. The van der Waals surface area contributed by atoms with Gasteiger partial charge in [-0.2, -0.15) is 8.42 Å². The number of carbonyl (C=O) groups excluding carboxylic acids is 3. The monoisotopic (exact) mass is 422 g/mol. The standard InChI is InChI=1S/C11H14N6O8S2/c1-24-16-6(4-3-26-10(12)14-4)8(18)15-7-5(2-25-11(13)20)17(9(7)19)27(21,22)23/h3,5,7H,2H2,1H3,(H2,12,14)(H2,13,20)(H,15,18)(H,21,22,23)/b16-6-. The van der Waals surface area contributed by atoms with Gasteiger partial charge in [0.05, 0.1) is 0 Å². The van der Waals surface area contributed by atoms with Crippen molar-refractivity contribution in [3.05, 3.63) is 11.1 Å². The number of ether oxygens (including phenoxy) is 1. The van der Waals surface area contributed by atoms with Crippen LogP contribution < -0.4 is 16.8 Å². The quantitative estimate of drug-likeness (QED) is 0.159. The third-order valence-electron chi connectivity index (χ3n) is 3.26. The molecule has 14 nitrogen and oxygen atoms in total. The van der Waals surface area contributed by atoms with Gasteiger partial charge in [-0.3, -0.25) is 14.1 Å². The number of carbonyl (C=O) groups is 3.